The number of hydrogen-bond acceptors (Lipinski definition) is 3. The number of rotatable bonds is 10. The third kappa shape index (κ3) is 8.09. The summed E-state index contributed by atoms with van der Waals surface area (Å²) in [4.78, 5) is 2.33. The molecule has 0 radical (unpaired) electrons. The van der Waals surface area contributed by atoms with Gasteiger partial charge in [-0.3, -0.25) is 4.90 Å². The molecular weight excluding hydrogens is 268 g/mol. The summed E-state index contributed by atoms with van der Waals surface area (Å²) >= 11 is 3.56. The number of methoxy groups -OCH3 is 1. The zero-order chi connectivity index (χ0) is 12.2. The minimum absolute atomic E-state index is 0.602. The second-order valence-electron chi connectivity index (χ2n) is 4.01. The fraction of sp³-hybridized carbons (Fsp3) is 0.917. The summed E-state index contributed by atoms with van der Waals surface area (Å²) in [6.45, 7) is 5.79. The lowest BCUT2D eigenvalue weighted by Gasteiger charge is -2.25. The van der Waals surface area contributed by atoms with Crippen LogP contribution in [0.3, 0.4) is 0 Å². The summed E-state index contributed by atoms with van der Waals surface area (Å²) in [6.07, 6.45) is 3.05. The highest BCUT2D eigenvalue weighted by Crippen LogP contribution is 2.12. The summed E-state index contributed by atoms with van der Waals surface area (Å²) in [5.41, 5.74) is 0. The standard InChI is InChI=1S/C12H23BrN2O/c1-3-5-12(10-13)11-15(7-4-6-14)8-9-16-2/h12H,3-5,7-11H2,1-2H3. The first-order valence-corrected chi connectivity index (χ1v) is 7.04. The second-order valence-corrected chi connectivity index (χ2v) is 4.66. The first-order chi connectivity index (χ1) is 7.78. The SMILES string of the molecule is CCCC(CBr)CN(CCC#N)CCOC. The van der Waals surface area contributed by atoms with Gasteiger partial charge in [0.1, 0.15) is 0 Å². The maximum atomic E-state index is 8.62. The number of nitriles is 1. The Hall–Kier alpha value is -0.110. The average Bonchev–Trinajstić information content (AvgIpc) is 2.31. The molecule has 0 bridgehead atoms. The van der Waals surface area contributed by atoms with Crippen LogP contribution in [0.5, 0.6) is 0 Å². The summed E-state index contributed by atoms with van der Waals surface area (Å²) in [5, 5.41) is 9.66. The van der Waals surface area contributed by atoms with Gasteiger partial charge < -0.3 is 4.74 Å². The van der Waals surface area contributed by atoms with E-state index in [0.29, 0.717) is 12.3 Å². The largest absolute Gasteiger partial charge is 0.383 e. The molecule has 0 rings (SSSR count). The predicted octanol–water partition coefficient (Wildman–Crippen LogP) is 2.66. The third-order valence-corrected chi connectivity index (χ3v) is 3.50. The Morgan fingerprint density at radius 2 is 2.19 bits per heavy atom. The summed E-state index contributed by atoms with van der Waals surface area (Å²) in [5.74, 6) is 0.681. The lowest BCUT2D eigenvalue weighted by atomic mass is 10.1. The van der Waals surface area contributed by atoms with Crippen LogP contribution in [-0.2, 0) is 4.74 Å². The Balaban J connectivity index is 4.00. The van der Waals surface area contributed by atoms with Crippen molar-refractivity contribution in [2.45, 2.75) is 26.2 Å². The van der Waals surface area contributed by atoms with Crippen molar-refractivity contribution < 1.29 is 4.74 Å². The Kier molecular flexibility index (Phi) is 11.3. The summed E-state index contributed by atoms with van der Waals surface area (Å²) < 4.78 is 5.09. The number of ether oxygens (including phenoxy) is 1. The molecule has 0 aliphatic carbocycles. The summed E-state index contributed by atoms with van der Waals surface area (Å²) in [6, 6.07) is 2.20. The van der Waals surface area contributed by atoms with Crippen molar-refractivity contribution in [2.75, 3.05) is 38.7 Å². The van der Waals surface area contributed by atoms with Crippen LogP contribution in [0.2, 0.25) is 0 Å². The van der Waals surface area contributed by atoms with Crippen LogP contribution in [0.1, 0.15) is 26.2 Å². The Morgan fingerprint density at radius 3 is 2.69 bits per heavy atom. The van der Waals surface area contributed by atoms with Gasteiger partial charge in [0, 0.05) is 38.5 Å². The van der Waals surface area contributed by atoms with E-state index in [1.54, 1.807) is 7.11 Å². The van der Waals surface area contributed by atoms with Crippen LogP contribution in [0, 0.1) is 17.2 Å². The maximum absolute atomic E-state index is 8.62. The molecule has 0 aliphatic rings. The van der Waals surface area contributed by atoms with E-state index in [1.165, 1.54) is 12.8 Å². The van der Waals surface area contributed by atoms with E-state index in [1.807, 2.05) is 0 Å². The molecule has 0 spiro atoms. The number of nitrogens with zero attached hydrogens (tertiary/aromatic N) is 2. The average molecular weight is 291 g/mol. The minimum atomic E-state index is 0.602. The zero-order valence-corrected chi connectivity index (χ0v) is 12.0. The van der Waals surface area contributed by atoms with Gasteiger partial charge in [0.2, 0.25) is 0 Å². The Labute approximate surface area is 108 Å². The van der Waals surface area contributed by atoms with Gasteiger partial charge in [-0.2, -0.15) is 5.26 Å². The van der Waals surface area contributed by atoms with Crippen LogP contribution in [0.25, 0.3) is 0 Å². The van der Waals surface area contributed by atoms with Crippen molar-refractivity contribution in [3.63, 3.8) is 0 Å². The predicted molar refractivity (Wildman–Crippen MR) is 70.7 cm³/mol. The van der Waals surface area contributed by atoms with Gasteiger partial charge in [0.25, 0.3) is 0 Å². The van der Waals surface area contributed by atoms with Crippen molar-refractivity contribution in [1.29, 1.82) is 5.26 Å². The molecule has 0 aromatic rings. The fourth-order valence-corrected chi connectivity index (χ4v) is 2.24. The highest BCUT2D eigenvalue weighted by Gasteiger charge is 2.12. The number of alkyl halides is 1. The van der Waals surface area contributed by atoms with Gasteiger partial charge in [-0.25, -0.2) is 0 Å². The maximum Gasteiger partial charge on any atom is 0.0635 e. The molecule has 1 atom stereocenters. The Morgan fingerprint density at radius 1 is 1.44 bits per heavy atom. The van der Waals surface area contributed by atoms with Crippen molar-refractivity contribution >= 4 is 15.9 Å². The van der Waals surface area contributed by atoms with Gasteiger partial charge in [-0.1, -0.05) is 29.3 Å². The van der Waals surface area contributed by atoms with Crippen LogP contribution in [0.15, 0.2) is 0 Å². The van der Waals surface area contributed by atoms with E-state index in [2.05, 4.69) is 33.8 Å². The molecule has 1 unspecified atom stereocenters. The zero-order valence-electron chi connectivity index (χ0n) is 10.4. The second kappa shape index (κ2) is 11.4. The monoisotopic (exact) mass is 290 g/mol. The molecule has 94 valence electrons. The van der Waals surface area contributed by atoms with Crippen molar-refractivity contribution in [2.24, 2.45) is 5.92 Å². The molecule has 0 saturated carbocycles. The fourth-order valence-electron chi connectivity index (χ4n) is 1.71. The van der Waals surface area contributed by atoms with Crippen LogP contribution < -0.4 is 0 Å². The van der Waals surface area contributed by atoms with Crippen molar-refractivity contribution in [1.82, 2.24) is 4.90 Å². The van der Waals surface area contributed by atoms with Crippen molar-refractivity contribution in [3.8, 4) is 6.07 Å². The molecule has 0 N–H and O–H groups in total. The van der Waals surface area contributed by atoms with Gasteiger partial charge in [-0.15, -0.1) is 0 Å². The molecule has 0 heterocycles. The van der Waals surface area contributed by atoms with Gasteiger partial charge in [-0.05, 0) is 12.3 Å². The van der Waals surface area contributed by atoms with E-state index in [-0.39, 0.29) is 0 Å². The molecular formula is C12H23BrN2O. The molecule has 3 nitrogen and oxygen atoms in total. The lowest BCUT2D eigenvalue weighted by Crippen LogP contribution is -2.33. The molecule has 0 aromatic carbocycles. The highest BCUT2D eigenvalue weighted by atomic mass is 79.9. The normalized spacial score (nSPS) is 12.7. The van der Waals surface area contributed by atoms with E-state index in [4.69, 9.17) is 10.00 Å². The smallest absolute Gasteiger partial charge is 0.0635 e. The first-order valence-electron chi connectivity index (χ1n) is 5.92. The topological polar surface area (TPSA) is 36.3 Å². The number of hydrogen-bond donors (Lipinski definition) is 0. The third-order valence-electron chi connectivity index (χ3n) is 2.58. The quantitative estimate of drug-likeness (QED) is 0.581. The van der Waals surface area contributed by atoms with Crippen LogP contribution in [0.4, 0.5) is 0 Å². The molecule has 16 heavy (non-hydrogen) atoms. The van der Waals surface area contributed by atoms with Crippen LogP contribution in [-0.4, -0.2) is 43.6 Å². The van der Waals surface area contributed by atoms with E-state index >= 15 is 0 Å². The Bertz CT molecular complexity index is 194. The molecule has 0 amide bonds. The number of halogens is 1. The molecule has 0 saturated heterocycles. The lowest BCUT2D eigenvalue weighted by molar-refractivity contribution is 0.139. The van der Waals surface area contributed by atoms with Crippen molar-refractivity contribution in [3.05, 3.63) is 0 Å². The van der Waals surface area contributed by atoms with E-state index in [0.717, 1.165) is 31.6 Å². The highest BCUT2D eigenvalue weighted by molar-refractivity contribution is 9.09. The van der Waals surface area contributed by atoms with E-state index in [9.17, 15) is 0 Å². The van der Waals surface area contributed by atoms with Crippen LogP contribution >= 0.6 is 15.9 Å². The van der Waals surface area contributed by atoms with Gasteiger partial charge >= 0.3 is 0 Å². The van der Waals surface area contributed by atoms with E-state index < -0.39 is 0 Å². The molecule has 0 fully saturated rings. The first kappa shape index (κ1) is 15.9. The van der Waals surface area contributed by atoms with Gasteiger partial charge in [0.05, 0.1) is 12.7 Å². The summed E-state index contributed by atoms with van der Waals surface area (Å²) in [7, 11) is 1.72. The molecule has 4 heteroatoms. The molecule has 0 aliphatic heterocycles. The molecule has 0 aromatic heterocycles. The minimum Gasteiger partial charge on any atom is -0.383 e. The van der Waals surface area contributed by atoms with Gasteiger partial charge in [0.15, 0.2) is 0 Å².